The number of amides is 4. The average molecular weight is 611 g/mol. The number of carbonyl (C=O) groups is 4. The van der Waals surface area contributed by atoms with Crippen LogP contribution in [0, 0.1) is 16.0 Å². The molecule has 3 aromatic rings. The van der Waals surface area contributed by atoms with Crippen molar-refractivity contribution in [2.75, 3.05) is 11.9 Å². The molecule has 1 aromatic heterocycles. The molecule has 4 amide bonds. The van der Waals surface area contributed by atoms with Crippen molar-refractivity contribution in [3.8, 4) is 5.75 Å². The predicted octanol–water partition coefficient (Wildman–Crippen LogP) is 3.36. The van der Waals surface area contributed by atoms with Gasteiger partial charge in [0, 0.05) is 31.3 Å². The monoisotopic (exact) mass is 610 g/mol. The minimum absolute atomic E-state index is 0.0164. The van der Waals surface area contributed by atoms with Gasteiger partial charge < -0.3 is 31.2 Å². The number of aromatic nitrogens is 3. The third-order valence-electron chi connectivity index (χ3n) is 6.27. The summed E-state index contributed by atoms with van der Waals surface area (Å²) in [5, 5.41) is 27.2. The van der Waals surface area contributed by atoms with Crippen LogP contribution in [-0.4, -0.2) is 50.5 Å². The highest BCUT2D eigenvalue weighted by molar-refractivity contribution is 5.93. The second-order valence-electron chi connectivity index (χ2n) is 10.1. The Hall–Kier alpha value is -5.54. The van der Waals surface area contributed by atoms with E-state index in [1.54, 1.807) is 30.5 Å². The van der Waals surface area contributed by atoms with Crippen molar-refractivity contribution < 1.29 is 33.6 Å². The van der Waals surface area contributed by atoms with E-state index in [0.29, 0.717) is 29.8 Å². The molecule has 2 atom stereocenters. The summed E-state index contributed by atoms with van der Waals surface area (Å²) in [6.07, 6.45) is 1.34. The van der Waals surface area contributed by atoms with Crippen LogP contribution in [0.3, 0.4) is 0 Å². The maximum atomic E-state index is 13.4. The lowest BCUT2D eigenvalue weighted by atomic mass is 10.0. The highest BCUT2D eigenvalue weighted by Gasteiger charge is 2.26. The van der Waals surface area contributed by atoms with Crippen LogP contribution in [0.25, 0.3) is 0 Å². The first kappa shape index (κ1) is 33.0. The topological polar surface area (TPSA) is 223 Å². The summed E-state index contributed by atoms with van der Waals surface area (Å²) in [6, 6.07) is 9.65. The maximum Gasteiger partial charge on any atom is 0.514 e. The lowest BCUT2D eigenvalue weighted by molar-refractivity contribution is -0.384. The van der Waals surface area contributed by atoms with E-state index in [0.717, 1.165) is 0 Å². The van der Waals surface area contributed by atoms with Crippen molar-refractivity contribution in [2.45, 2.75) is 52.3 Å². The molecule has 0 saturated carbocycles. The molecule has 2 aromatic carbocycles. The van der Waals surface area contributed by atoms with Gasteiger partial charge in [0.1, 0.15) is 24.1 Å². The van der Waals surface area contributed by atoms with E-state index in [1.807, 2.05) is 13.8 Å². The Balaban J connectivity index is 1.63. The zero-order valence-corrected chi connectivity index (χ0v) is 24.4. The molecule has 0 spiro atoms. The fraction of sp³-hybridized carbons (Fsp3) is 0.357. The van der Waals surface area contributed by atoms with Gasteiger partial charge in [0.25, 0.3) is 5.69 Å². The lowest BCUT2D eigenvalue weighted by Crippen LogP contribution is -2.32. The zero-order valence-electron chi connectivity index (χ0n) is 24.4. The summed E-state index contributed by atoms with van der Waals surface area (Å²) < 4.78 is 11.5. The number of nitrogens with two attached hydrogens (primary N) is 1. The Morgan fingerprint density at radius 2 is 1.75 bits per heavy atom. The highest BCUT2D eigenvalue weighted by Crippen LogP contribution is 2.23. The highest BCUT2D eigenvalue weighted by atomic mass is 16.7. The van der Waals surface area contributed by atoms with Crippen LogP contribution in [0.2, 0.25) is 0 Å². The fourth-order valence-corrected chi connectivity index (χ4v) is 4.09. The number of rotatable bonds is 14. The standard InChI is InChI=1S/C28H34N8O8/c1-17(2)25(31-18(3)37)23-15-35(34-33-23)24(5-4-14-30-27(29)39)26(38)32-20-8-6-19(7-9-20)16-43-28(40)44-22-12-10-21(11-13-22)36(41)42/h6-13,15,17,24-25H,4-5,14,16H2,1-3H3,(H,31,37)(H,32,38)(H3,29,30,39)/t24-,25-/m0/s1. The summed E-state index contributed by atoms with van der Waals surface area (Å²) in [7, 11) is 0. The van der Waals surface area contributed by atoms with Crippen LogP contribution >= 0.6 is 0 Å². The van der Waals surface area contributed by atoms with Gasteiger partial charge in [-0.2, -0.15) is 0 Å². The first-order valence-electron chi connectivity index (χ1n) is 13.6. The molecule has 16 heteroatoms. The van der Waals surface area contributed by atoms with Gasteiger partial charge in [-0.25, -0.2) is 14.3 Å². The number of urea groups is 1. The van der Waals surface area contributed by atoms with Gasteiger partial charge >= 0.3 is 12.2 Å². The molecule has 44 heavy (non-hydrogen) atoms. The summed E-state index contributed by atoms with van der Waals surface area (Å²) in [6.45, 7) is 5.39. The SMILES string of the molecule is CC(=O)N[C@H](c1cn([C@@H](CCCNC(N)=O)C(=O)Nc2ccc(COC(=O)Oc3ccc([N+](=O)[O-])cc3)cc2)nn1)C(C)C. The minimum atomic E-state index is -0.990. The zero-order chi connectivity index (χ0) is 32.2. The Morgan fingerprint density at radius 3 is 2.34 bits per heavy atom. The molecule has 0 saturated heterocycles. The van der Waals surface area contributed by atoms with E-state index >= 15 is 0 Å². The number of nitrogens with one attached hydrogen (secondary N) is 3. The molecule has 3 rings (SSSR count). The Labute approximate surface area is 252 Å². The second-order valence-corrected chi connectivity index (χ2v) is 10.1. The molecule has 0 bridgehead atoms. The van der Waals surface area contributed by atoms with Crippen LogP contribution in [0.4, 0.5) is 21.0 Å². The van der Waals surface area contributed by atoms with Crippen molar-refractivity contribution >= 4 is 35.4 Å². The number of hydrogen-bond acceptors (Lipinski definition) is 10. The Morgan fingerprint density at radius 1 is 1.07 bits per heavy atom. The number of hydrogen-bond donors (Lipinski definition) is 4. The number of anilines is 1. The van der Waals surface area contributed by atoms with Gasteiger partial charge in [-0.1, -0.05) is 31.2 Å². The van der Waals surface area contributed by atoms with Gasteiger partial charge in [0.15, 0.2) is 0 Å². The molecule has 0 fully saturated rings. The third-order valence-corrected chi connectivity index (χ3v) is 6.27. The largest absolute Gasteiger partial charge is 0.514 e. The van der Waals surface area contributed by atoms with Crippen LogP contribution in [0.5, 0.6) is 5.75 Å². The van der Waals surface area contributed by atoms with Crippen molar-refractivity contribution in [1.82, 2.24) is 25.6 Å². The Bertz CT molecular complexity index is 1460. The maximum absolute atomic E-state index is 13.4. The van der Waals surface area contributed by atoms with Gasteiger partial charge in [-0.05, 0) is 48.6 Å². The van der Waals surface area contributed by atoms with Crippen molar-refractivity contribution in [1.29, 1.82) is 0 Å². The number of non-ortho nitro benzene ring substituents is 1. The number of primary amides is 1. The lowest BCUT2D eigenvalue weighted by Gasteiger charge is -2.19. The number of benzene rings is 2. The second kappa shape index (κ2) is 15.6. The van der Waals surface area contributed by atoms with Crippen LogP contribution < -0.4 is 26.4 Å². The predicted molar refractivity (Wildman–Crippen MR) is 156 cm³/mol. The molecule has 0 unspecified atom stereocenters. The van der Waals surface area contributed by atoms with Gasteiger partial charge in [0.2, 0.25) is 11.8 Å². The number of nitrogens with zero attached hydrogens (tertiary/aromatic N) is 4. The van der Waals surface area contributed by atoms with E-state index in [9.17, 15) is 29.3 Å². The molecule has 0 aliphatic heterocycles. The molecule has 0 radical (unpaired) electrons. The molecule has 0 aliphatic rings. The van der Waals surface area contributed by atoms with E-state index < -0.39 is 35.1 Å². The Kier molecular flexibility index (Phi) is 11.7. The van der Waals surface area contributed by atoms with Gasteiger partial charge in [-0.3, -0.25) is 19.7 Å². The molecular weight excluding hydrogens is 576 g/mol. The number of ether oxygens (including phenoxy) is 2. The van der Waals surface area contributed by atoms with Crippen LogP contribution in [0.15, 0.2) is 54.7 Å². The van der Waals surface area contributed by atoms with E-state index in [-0.39, 0.29) is 36.4 Å². The third kappa shape index (κ3) is 10.1. The number of nitro benzene ring substituents is 1. The van der Waals surface area contributed by atoms with E-state index in [4.69, 9.17) is 15.2 Å². The average Bonchev–Trinajstić information content (AvgIpc) is 3.44. The summed E-state index contributed by atoms with van der Waals surface area (Å²) in [4.78, 5) is 58.3. The van der Waals surface area contributed by atoms with E-state index in [1.165, 1.54) is 35.9 Å². The molecule has 0 aliphatic carbocycles. The first-order valence-corrected chi connectivity index (χ1v) is 13.6. The van der Waals surface area contributed by atoms with Crippen molar-refractivity contribution in [2.24, 2.45) is 11.7 Å². The quantitative estimate of drug-likeness (QED) is 0.0684. The fourth-order valence-electron chi connectivity index (χ4n) is 4.09. The first-order chi connectivity index (χ1) is 20.9. The van der Waals surface area contributed by atoms with Crippen LogP contribution in [0.1, 0.15) is 57.0 Å². The number of nitro groups is 1. The smallest absolute Gasteiger partial charge is 0.429 e. The molecular formula is C28H34N8O8. The molecule has 5 N–H and O–H groups in total. The summed E-state index contributed by atoms with van der Waals surface area (Å²) >= 11 is 0. The number of carbonyl (C=O) groups excluding carboxylic acids is 4. The summed E-state index contributed by atoms with van der Waals surface area (Å²) in [5.41, 5.74) is 6.57. The normalized spacial score (nSPS) is 12.1. The van der Waals surface area contributed by atoms with Crippen LogP contribution in [-0.2, 0) is 20.9 Å². The van der Waals surface area contributed by atoms with Gasteiger partial charge in [0.05, 0.1) is 17.2 Å². The van der Waals surface area contributed by atoms with Crippen molar-refractivity contribution in [3.05, 3.63) is 76.1 Å². The van der Waals surface area contributed by atoms with Gasteiger partial charge in [-0.15, -0.1) is 5.10 Å². The van der Waals surface area contributed by atoms with Crippen molar-refractivity contribution in [3.63, 3.8) is 0 Å². The summed E-state index contributed by atoms with van der Waals surface area (Å²) in [5.74, 6) is -0.507. The molecule has 234 valence electrons. The minimum Gasteiger partial charge on any atom is -0.429 e. The van der Waals surface area contributed by atoms with E-state index in [2.05, 4.69) is 26.3 Å². The molecule has 1 heterocycles. The molecule has 16 nitrogen and oxygen atoms in total.